The Kier molecular flexibility index (Phi) is 4.25. The van der Waals surface area contributed by atoms with Gasteiger partial charge in [-0.3, -0.25) is 15.5 Å². The zero-order valence-electron chi connectivity index (χ0n) is 10.3. The Bertz CT molecular complexity index is 696. The van der Waals surface area contributed by atoms with Gasteiger partial charge in [-0.05, 0) is 6.07 Å². The summed E-state index contributed by atoms with van der Waals surface area (Å²) in [5.41, 5.74) is 5.50. The molecule has 0 atom stereocenters. The third kappa shape index (κ3) is 3.39. The number of nitrogen functional groups attached to an aromatic ring is 1. The zero-order valence-corrected chi connectivity index (χ0v) is 11.9. The number of nitro benzene ring substituents is 1. The molecule has 0 aliphatic carbocycles. The van der Waals surface area contributed by atoms with Crippen molar-refractivity contribution in [2.75, 3.05) is 0 Å². The number of non-ortho nitro benzene ring substituents is 1. The first kappa shape index (κ1) is 15.0. The van der Waals surface area contributed by atoms with E-state index in [1.54, 1.807) is 0 Å². The summed E-state index contributed by atoms with van der Waals surface area (Å²) in [4.78, 5) is 14.0. The topological polar surface area (TPSA) is 115 Å². The third-order valence-electron chi connectivity index (χ3n) is 2.45. The largest absolute Gasteiger partial charge is 0.436 e. The van der Waals surface area contributed by atoms with Crippen molar-refractivity contribution >= 4 is 34.7 Å². The number of hydrogen-bond acceptors (Lipinski definition) is 5. The van der Waals surface area contributed by atoms with Crippen LogP contribution in [0, 0.1) is 15.5 Å². The maximum absolute atomic E-state index is 10.7. The summed E-state index contributed by atoms with van der Waals surface area (Å²) in [5, 5.41) is 17.9. The minimum atomic E-state index is -0.610. The van der Waals surface area contributed by atoms with E-state index >= 15 is 0 Å². The number of aromatic nitrogens is 1. The van der Waals surface area contributed by atoms with E-state index in [0.717, 1.165) is 12.1 Å². The lowest BCUT2D eigenvalue weighted by Gasteiger charge is -2.09. The standard InChI is InChI=1S/C12H8Cl2N4O3/c13-8-3-7(18(19)20)4-9(14)11(8)21-10-2-1-6(5-17-10)12(15)16/h1-5H,(H3,15,16). The van der Waals surface area contributed by atoms with Gasteiger partial charge in [0.1, 0.15) is 5.84 Å². The van der Waals surface area contributed by atoms with Crippen molar-refractivity contribution in [3.63, 3.8) is 0 Å². The second kappa shape index (κ2) is 5.94. The van der Waals surface area contributed by atoms with Gasteiger partial charge < -0.3 is 10.5 Å². The zero-order chi connectivity index (χ0) is 15.6. The van der Waals surface area contributed by atoms with Gasteiger partial charge >= 0.3 is 0 Å². The molecule has 0 radical (unpaired) electrons. The van der Waals surface area contributed by atoms with Crippen LogP contribution in [0.4, 0.5) is 5.69 Å². The molecule has 3 N–H and O–H groups in total. The van der Waals surface area contributed by atoms with E-state index in [0.29, 0.717) is 5.56 Å². The Morgan fingerprint density at radius 3 is 2.38 bits per heavy atom. The van der Waals surface area contributed by atoms with Crippen molar-refractivity contribution in [2.45, 2.75) is 0 Å². The molecular formula is C12H8Cl2N4O3. The van der Waals surface area contributed by atoms with Crippen LogP contribution < -0.4 is 10.5 Å². The fourth-order valence-corrected chi connectivity index (χ4v) is 2.01. The van der Waals surface area contributed by atoms with Crippen LogP contribution >= 0.6 is 23.2 Å². The SMILES string of the molecule is N=C(N)c1ccc(Oc2c(Cl)cc([N+](=O)[O-])cc2Cl)nc1. The molecule has 0 unspecified atom stereocenters. The van der Waals surface area contributed by atoms with Crippen LogP contribution in [-0.2, 0) is 0 Å². The number of nitro groups is 1. The lowest BCUT2D eigenvalue weighted by atomic mass is 10.2. The molecular weight excluding hydrogens is 319 g/mol. The summed E-state index contributed by atoms with van der Waals surface area (Å²) in [6.45, 7) is 0. The second-order valence-corrected chi connectivity index (χ2v) is 4.71. The molecule has 108 valence electrons. The average Bonchev–Trinajstić information content (AvgIpc) is 2.43. The fourth-order valence-electron chi connectivity index (χ4n) is 1.45. The lowest BCUT2D eigenvalue weighted by molar-refractivity contribution is -0.384. The molecule has 0 aliphatic heterocycles. The predicted molar refractivity (Wildman–Crippen MR) is 78.4 cm³/mol. The lowest BCUT2D eigenvalue weighted by Crippen LogP contribution is -2.11. The van der Waals surface area contributed by atoms with Crippen LogP contribution in [0.5, 0.6) is 11.6 Å². The van der Waals surface area contributed by atoms with Crippen LogP contribution in [0.15, 0.2) is 30.5 Å². The number of hydrogen-bond donors (Lipinski definition) is 2. The molecule has 0 saturated carbocycles. The summed E-state index contributed by atoms with van der Waals surface area (Å²) in [6, 6.07) is 5.28. The van der Waals surface area contributed by atoms with E-state index in [4.69, 9.17) is 39.1 Å². The highest BCUT2D eigenvalue weighted by Crippen LogP contribution is 2.38. The average molecular weight is 327 g/mol. The number of halogens is 2. The number of rotatable bonds is 4. The molecule has 1 heterocycles. The van der Waals surface area contributed by atoms with Gasteiger partial charge in [0, 0.05) is 30.0 Å². The maximum Gasteiger partial charge on any atom is 0.272 e. The van der Waals surface area contributed by atoms with E-state index in [1.807, 2.05) is 0 Å². The van der Waals surface area contributed by atoms with Crippen molar-refractivity contribution in [1.82, 2.24) is 4.98 Å². The van der Waals surface area contributed by atoms with E-state index in [1.165, 1.54) is 18.3 Å². The first-order valence-corrected chi connectivity index (χ1v) is 6.26. The molecule has 7 nitrogen and oxygen atoms in total. The summed E-state index contributed by atoms with van der Waals surface area (Å²) >= 11 is 11.8. The number of amidine groups is 1. The normalized spacial score (nSPS) is 10.2. The van der Waals surface area contributed by atoms with E-state index in [9.17, 15) is 10.1 Å². The first-order valence-electron chi connectivity index (χ1n) is 5.50. The van der Waals surface area contributed by atoms with Gasteiger partial charge in [0.2, 0.25) is 5.88 Å². The van der Waals surface area contributed by atoms with Gasteiger partial charge in [0.05, 0.1) is 15.0 Å². The van der Waals surface area contributed by atoms with Crippen LogP contribution in [0.25, 0.3) is 0 Å². The molecule has 0 amide bonds. The van der Waals surface area contributed by atoms with Crippen molar-refractivity contribution in [3.8, 4) is 11.6 Å². The van der Waals surface area contributed by atoms with Crippen molar-refractivity contribution in [2.24, 2.45) is 5.73 Å². The molecule has 0 fully saturated rings. The summed E-state index contributed by atoms with van der Waals surface area (Å²) < 4.78 is 5.40. The Morgan fingerprint density at radius 2 is 1.95 bits per heavy atom. The summed E-state index contributed by atoms with van der Waals surface area (Å²) in [7, 11) is 0. The molecule has 2 rings (SSSR count). The second-order valence-electron chi connectivity index (χ2n) is 3.90. The number of nitrogens with zero attached hydrogens (tertiary/aromatic N) is 2. The van der Waals surface area contributed by atoms with Gasteiger partial charge in [0.15, 0.2) is 5.75 Å². The number of pyridine rings is 1. The Balaban J connectivity index is 2.31. The summed E-state index contributed by atoms with van der Waals surface area (Å²) in [6.07, 6.45) is 1.35. The van der Waals surface area contributed by atoms with Gasteiger partial charge in [0.25, 0.3) is 5.69 Å². The summed E-state index contributed by atoms with van der Waals surface area (Å²) in [5.74, 6) is 0.102. The molecule has 2 aromatic rings. The van der Waals surface area contributed by atoms with E-state index in [-0.39, 0.29) is 33.2 Å². The highest BCUT2D eigenvalue weighted by molar-refractivity contribution is 6.37. The van der Waals surface area contributed by atoms with Crippen LogP contribution in [0.1, 0.15) is 5.56 Å². The Morgan fingerprint density at radius 1 is 1.33 bits per heavy atom. The monoisotopic (exact) mass is 326 g/mol. The smallest absolute Gasteiger partial charge is 0.272 e. The van der Waals surface area contributed by atoms with Gasteiger partial charge in [-0.2, -0.15) is 0 Å². The molecule has 1 aromatic carbocycles. The minimum Gasteiger partial charge on any atom is -0.436 e. The van der Waals surface area contributed by atoms with Crippen molar-refractivity contribution in [1.29, 1.82) is 5.41 Å². The molecule has 9 heteroatoms. The van der Waals surface area contributed by atoms with Crippen LogP contribution in [0.2, 0.25) is 10.0 Å². The van der Waals surface area contributed by atoms with Crippen molar-refractivity contribution < 1.29 is 9.66 Å². The maximum atomic E-state index is 10.7. The van der Waals surface area contributed by atoms with Crippen LogP contribution in [-0.4, -0.2) is 15.7 Å². The highest BCUT2D eigenvalue weighted by Gasteiger charge is 2.16. The highest BCUT2D eigenvalue weighted by atomic mass is 35.5. The molecule has 0 spiro atoms. The molecule has 1 aromatic heterocycles. The number of ether oxygens (including phenoxy) is 1. The van der Waals surface area contributed by atoms with Crippen LogP contribution in [0.3, 0.4) is 0 Å². The number of nitrogens with one attached hydrogen (secondary N) is 1. The molecule has 0 saturated heterocycles. The van der Waals surface area contributed by atoms with E-state index in [2.05, 4.69) is 4.98 Å². The predicted octanol–water partition coefficient (Wildman–Crippen LogP) is 3.37. The van der Waals surface area contributed by atoms with Crippen molar-refractivity contribution in [3.05, 3.63) is 56.2 Å². The molecule has 0 bridgehead atoms. The van der Waals surface area contributed by atoms with Gasteiger partial charge in [-0.1, -0.05) is 23.2 Å². The quantitative estimate of drug-likeness (QED) is 0.386. The third-order valence-corrected chi connectivity index (χ3v) is 3.01. The number of nitrogens with two attached hydrogens (primary N) is 1. The first-order chi connectivity index (χ1) is 9.88. The van der Waals surface area contributed by atoms with Gasteiger partial charge in [-0.25, -0.2) is 4.98 Å². The minimum absolute atomic E-state index is 0.00774. The Labute approximate surface area is 128 Å². The molecule has 21 heavy (non-hydrogen) atoms. The van der Waals surface area contributed by atoms with Gasteiger partial charge in [-0.15, -0.1) is 0 Å². The fraction of sp³-hybridized carbons (Fsp3) is 0. The number of benzene rings is 1. The molecule has 0 aliphatic rings. The van der Waals surface area contributed by atoms with E-state index < -0.39 is 4.92 Å². The Hall–Kier alpha value is -2.38.